The van der Waals surface area contributed by atoms with E-state index in [1.54, 1.807) is 6.08 Å². The molecule has 0 amide bonds. The first-order valence-corrected chi connectivity index (χ1v) is 8.01. The molecule has 3 atom stereocenters. The van der Waals surface area contributed by atoms with Crippen molar-refractivity contribution in [3.05, 3.63) is 12.2 Å². The zero-order valence-electron chi connectivity index (χ0n) is 14.2. The number of hydrogen-bond donors (Lipinski definition) is 0. The van der Waals surface area contributed by atoms with Gasteiger partial charge in [-0.15, -0.1) is 0 Å². The van der Waals surface area contributed by atoms with Gasteiger partial charge < -0.3 is 4.74 Å². The van der Waals surface area contributed by atoms with E-state index in [4.69, 9.17) is 0 Å². The second-order valence-electron chi connectivity index (χ2n) is 6.99. The molecule has 1 saturated carbocycles. The molecule has 15 heteroatoms. The summed E-state index contributed by atoms with van der Waals surface area (Å²) in [7, 11) is 0. The lowest BCUT2D eigenvalue weighted by Gasteiger charge is -2.39. The molecule has 3 unspecified atom stereocenters. The third-order valence-electron chi connectivity index (χ3n) is 4.98. The van der Waals surface area contributed by atoms with Crippen LogP contribution in [0.3, 0.4) is 0 Å². The number of esters is 1. The average Bonchev–Trinajstić information content (AvgIpc) is 3.21. The monoisotopic (exact) mass is 470 g/mol. The molecule has 2 aliphatic rings. The molecule has 174 valence electrons. The van der Waals surface area contributed by atoms with E-state index in [2.05, 4.69) is 4.74 Å². The minimum atomic E-state index is -7.97. The van der Waals surface area contributed by atoms with Crippen molar-refractivity contribution < 1.29 is 66.6 Å². The topological polar surface area (TPSA) is 26.3 Å². The van der Waals surface area contributed by atoms with E-state index in [1.165, 1.54) is 6.08 Å². The van der Waals surface area contributed by atoms with Crippen LogP contribution in [-0.4, -0.2) is 48.4 Å². The van der Waals surface area contributed by atoms with E-state index in [9.17, 15) is 61.9 Å². The standard InChI is InChI=1S/C15H11F13O2/c16-10(17,5-30-9(29)8-4-6-1-2-7(8)3-6)11(18,19)12(20,21)13(22,23)14(24,25)15(26,27)28/h1-2,6-8H,3-5H2. The van der Waals surface area contributed by atoms with Gasteiger partial charge in [0, 0.05) is 0 Å². The van der Waals surface area contributed by atoms with Gasteiger partial charge in [0.15, 0.2) is 6.61 Å². The van der Waals surface area contributed by atoms with Gasteiger partial charge in [0.2, 0.25) is 0 Å². The van der Waals surface area contributed by atoms with Crippen LogP contribution in [0.15, 0.2) is 12.2 Å². The minimum absolute atomic E-state index is 0.0496. The number of alkyl halides is 13. The highest BCUT2D eigenvalue weighted by molar-refractivity contribution is 5.74. The van der Waals surface area contributed by atoms with Crippen molar-refractivity contribution in [2.24, 2.45) is 17.8 Å². The lowest BCUT2D eigenvalue weighted by Crippen LogP contribution is -2.70. The Morgan fingerprint density at radius 1 is 0.733 bits per heavy atom. The fraction of sp³-hybridized carbons (Fsp3) is 0.800. The lowest BCUT2D eigenvalue weighted by molar-refractivity contribution is -0.441. The fourth-order valence-corrected chi connectivity index (χ4v) is 3.21. The summed E-state index contributed by atoms with van der Waals surface area (Å²) >= 11 is 0. The Balaban J connectivity index is 2.21. The van der Waals surface area contributed by atoms with Crippen LogP contribution in [-0.2, 0) is 9.53 Å². The average molecular weight is 470 g/mol. The first kappa shape index (κ1) is 24.6. The molecule has 2 aliphatic carbocycles. The summed E-state index contributed by atoms with van der Waals surface area (Å²) in [6.45, 7) is -2.94. The summed E-state index contributed by atoms with van der Waals surface area (Å²) in [4.78, 5) is 11.7. The van der Waals surface area contributed by atoms with E-state index in [-0.39, 0.29) is 12.3 Å². The van der Waals surface area contributed by atoms with Crippen LogP contribution in [0, 0.1) is 17.8 Å². The molecule has 2 nitrogen and oxygen atoms in total. The summed E-state index contributed by atoms with van der Waals surface area (Å²) in [5.74, 6) is -40.8. The number of fused-ring (bicyclic) bond motifs is 2. The molecule has 0 aromatic heterocycles. The summed E-state index contributed by atoms with van der Waals surface area (Å²) in [6, 6.07) is 0. The number of carbonyl (C=O) groups excluding carboxylic acids is 1. The van der Waals surface area contributed by atoms with Crippen LogP contribution in [0.2, 0.25) is 0 Å². The van der Waals surface area contributed by atoms with Crippen molar-refractivity contribution >= 4 is 5.97 Å². The first-order valence-electron chi connectivity index (χ1n) is 8.01. The number of hydrogen-bond acceptors (Lipinski definition) is 2. The third kappa shape index (κ3) is 3.41. The number of ether oxygens (including phenoxy) is 1. The molecule has 0 aromatic carbocycles. The molecule has 0 spiro atoms. The molecular formula is C15H11F13O2. The second kappa shape index (κ2) is 6.90. The van der Waals surface area contributed by atoms with E-state index in [0.29, 0.717) is 6.42 Å². The molecule has 0 N–H and O–H groups in total. The maximum atomic E-state index is 13.6. The van der Waals surface area contributed by atoms with Crippen molar-refractivity contribution in [1.82, 2.24) is 0 Å². The van der Waals surface area contributed by atoms with Crippen molar-refractivity contribution in [3.63, 3.8) is 0 Å². The summed E-state index contributed by atoms with van der Waals surface area (Å²) in [6.07, 6.45) is -3.87. The normalized spacial score (nSPS) is 25.7. The van der Waals surface area contributed by atoms with Crippen LogP contribution in [0.4, 0.5) is 57.1 Å². The molecule has 2 bridgehead atoms. The van der Waals surface area contributed by atoms with Gasteiger partial charge in [-0.1, -0.05) is 12.2 Å². The van der Waals surface area contributed by atoms with Gasteiger partial charge in [-0.2, -0.15) is 57.1 Å². The molecule has 1 fully saturated rings. The molecule has 30 heavy (non-hydrogen) atoms. The predicted octanol–water partition coefficient (Wildman–Crippen LogP) is 5.48. The molecule has 2 rings (SSSR count). The highest BCUT2D eigenvalue weighted by Gasteiger charge is 2.90. The maximum Gasteiger partial charge on any atom is 0.460 e. The Bertz CT molecular complexity index is 710. The number of allylic oxidation sites excluding steroid dienone is 2. The van der Waals surface area contributed by atoms with E-state index < -0.39 is 60.2 Å². The zero-order chi connectivity index (χ0) is 23.6. The van der Waals surface area contributed by atoms with Crippen LogP contribution in [0.1, 0.15) is 12.8 Å². The Hall–Kier alpha value is -1.70. The van der Waals surface area contributed by atoms with Gasteiger partial charge in [-0.25, -0.2) is 0 Å². The Kier molecular flexibility index (Phi) is 5.65. The Morgan fingerprint density at radius 2 is 1.23 bits per heavy atom. The molecular weight excluding hydrogens is 459 g/mol. The summed E-state index contributed by atoms with van der Waals surface area (Å²) in [5, 5.41) is 0. The highest BCUT2D eigenvalue weighted by Crippen LogP contribution is 2.60. The van der Waals surface area contributed by atoms with Crippen LogP contribution < -0.4 is 0 Å². The summed E-state index contributed by atoms with van der Waals surface area (Å²) < 4.78 is 172. The first-order chi connectivity index (χ1) is 13.2. The maximum absolute atomic E-state index is 13.6. The van der Waals surface area contributed by atoms with Gasteiger partial charge in [-0.05, 0) is 24.7 Å². The van der Waals surface area contributed by atoms with E-state index in [1.807, 2.05) is 0 Å². The summed E-state index contributed by atoms with van der Waals surface area (Å²) in [5.41, 5.74) is 0. The predicted molar refractivity (Wildman–Crippen MR) is 70.6 cm³/mol. The molecule has 0 aliphatic heterocycles. The smallest absolute Gasteiger partial charge is 0.459 e. The largest absolute Gasteiger partial charge is 0.460 e. The Morgan fingerprint density at radius 3 is 1.63 bits per heavy atom. The van der Waals surface area contributed by atoms with Gasteiger partial charge >= 0.3 is 41.8 Å². The third-order valence-corrected chi connectivity index (χ3v) is 4.98. The minimum Gasteiger partial charge on any atom is -0.459 e. The Labute approximate surface area is 159 Å². The lowest BCUT2D eigenvalue weighted by atomic mass is 9.93. The van der Waals surface area contributed by atoms with Crippen LogP contribution in [0.25, 0.3) is 0 Å². The van der Waals surface area contributed by atoms with Crippen LogP contribution in [0.5, 0.6) is 0 Å². The number of rotatable bonds is 7. The van der Waals surface area contributed by atoms with Crippen molar-refractivity contribution in [2.75, 3.05) is 6.61 Å². The quantitative estimate of drug-likeness (QED) is 0.280. The van der Waals surface area contributed by atoms with Gasteiger partial charge in [-0.3, -0.25) is 4.79 Å². The number of carbonyl (C=O) groups is 1. The van der Waals surface area contributed by atoms with Gasteiger partial charge in [0.25, 0.3) is 0 Å². The van der Waals surface area contributed by atoms with Crippen LogP contribution >= 0.6 is 0 Å². The highest BCUT2D eigenvalue weighted by atomic mass is 19.4. The van der Waals surface area contributed by atoms with Gasteiger partial charge in [0.1, 0.15) is 0 Å². The van der Waals surface area contributed by atoms with Gasteiger partial charge in [0.05, 0.1) is 5.92 Å². The molecule has 0 radical (unpaired) electrons. The van der Waals surface area contributed by atoms with E-state index in [0.717, 1.165) is 0 Å². The fourth-order valence-electron chi connectivity index (χ4n) is 3.21. The van der Waals surface area contributed by atoms with E-state index >= 15 is 0 Å². The molecule has 0 heterocycles. The SMILES string of the molecule is O=C(OCC(F)(F)C(F)(F)C(F)(F)C(F)(F)C(F)(F)C(F)(F)F)C1CC2C=CC1C2. The number of halogens is 13. The molecule has 0 aromatic rings. The van der Waals surface area contributed by atoms with Crippen molar-refractivity contribution in [3.8, 4) is 0 Å². The zero-order valence-corrected chi connectivity index (χ0v) is 14.2. The van der Waals surface area contributed by atoms with Crippen molar-refractivity contribution in [2.45, 2.75) is 48.6 Å². The van der Waals surface area contributed by atoms with Crippen molar-refractivity contribution in [1.29, 1.82) is 0 Å². The molecule has 0 saturated heterocycles. The second-order valence-corrected chi connectivity index (χ2v) is 6.99.